The molecule has 0 unspecified atom stereocenters. The Kier molecular flexibility index (Phi) is 7.38. The van der Waals surface area contributed by atoms with E-state index in [1.54, 1.807) is 18.6 Å². The zero-order valence-electron chi connectivity index (χ0n) is 30.0. The second-order valence-corrected chi connectivity index (χ2v) is 14.0. The average molecular weight is 715 g/mol. The van der Waals surface area contributed by atoms with Gasteiger partial charge in [0.15, 0.2) is 0 Å². The first kappa shape index (κ1) is 31.8. The predicted octanol–water partition coefficient (Wildman–Crippen LogP) is 12.2. The molecular formula is C50H30N6. The summed E-state index contributed by atoms with van der Waals surface area (Å²) in [6.07, 6.45) is 5.09. The van der Waals surface area contributed by atoms with E-state index in [-0.39, 0.29) is 0 Å². The standard InChI is InChI=1S/C50H30N6/c1-2-4-31(5-3-1)42-21-18-34-8-9-35-19-22-44(56-50(35)49(34)55-42)40-15-13-36-26-37(11-12-38(36)27-40)39-10-6-32-16-20-43(53-46(32)28-39)41-14-7-33-17-23-45(54-47(33)29-41)48-30-51-24-25-52-48/h1-30H. The van der Waals surface area contributed by atoms with E-state index in [2.05, 4.69) is 149 Å². The first-order chi connectivity index (χ1) is 27.7. The van der Waals surface area contributed by atoms with Gasteiger partial charge in [0.2, 0.25) is 0 Å². The molecular weight excluding hydrogens is 685 g/mol. The molecule has 0 atom stereocenters. The Hall–Kier alpha value is -7.70. The lowest BCUT2D eigenvalue weighted by atomic mass is 9.98. The summed E-state index contributed by atoms with van der Waals surface area (Å²) in [5.74, 6) is 0. The van der Waals surface area contributed by atoms with Crippen molar-refractivity contribution >= 4 is 54.4 Å². The number of rotatable bonds is 5. The zero-order chi connectivity index (χ0) is 37.0. The van der Waals surface area contributed by atoms with Gasteiger partial charge in [-0.3, -0.25) is 9.97 Å². The van der Waals surface area contributed by atoms with Gasteiger partial charge >= 0.3 is 0 Å². The van der Waals surface area contributed by atoms with Crippen LogP contribution >= 0.6 is 0 Å². The van der Waals surface area contributed by atoms with Crippen LogP contribution in [0, 0.1) is 0 Å². The maximum absolute atomic E-state index is 5.19. The molecule has 0 bridgehead atoms. The van der Waals surface area contributed by atoms with Crippen LogP contribution in [0.5, 0.6) is 0 Å². The largest absolute Gasteiger partial charge is 0.261 e. The molecule has 0 saturated heterocycles. The zero-order valence-corrected chi connectivity index (χ0v) is 30.0. The van der Waals surface area contributed by atoms with Crippen molar-refractivity contribution in [1.29, 1.82) is 0 Å². The molecule has 0 fully saturated rings. The van der Waals surface area contributed by atoms with Crippen molar-refractivity contribution < 1.29 is 0 Å². The number of hydrogen-bond donors (Lipinski definition) is 0. The Labute approximate surface area is 321 Å². The van der Waals surface area contributed by atoms with Crippen molar-refractivity contribution in [2.45, 2.75) is 0 Å². The minimum Gasteiger partial charge on any atom is -0.261 e. The molecule has 0 radical (unpaired) electrons. The molecule has 0 N–H and O–H groups in total. The summed E-state index contributed by atoms with van der Waals surface area (Å²) >= 11 is 0. The molecule has 5 heterocycles. The average Bonchev–Trinajstić information content (AvgIpc) is 3.28. The van der Waals surface area contributed by atoms with Crippen molar-refractivity contribution in [1.82, 2.24) is 29.9 Å². The van der Waals surface area contributed by atoms with Crippen LogP contribution in [0.25, 0.3) is 111 Å². The van der Waals surface area contributed by atoms with Crippen LogP contribution in [-0.2, 0) is 0 Å². The van der Waals surface area contributed by atoms with E-state index in [4.69, 9.17) is 19.9 Å². The van der Waals surface area contributed by atoms with Crippen LogP contribution in [0.15, 0.2) is 182 Å². The number of benzene rings is 6. The third-order valence-corrected chi connectivity index (χ3v) is 10.6. The number of fused-ring (bicyclic) bond motifs is 6. The Morgan fingerprint density at radius 2 is 0.750 bits per heavy atom. The van der Waals surface area contributed by atoms with Crippen molar-refractivity contribution in [3.8, 4) is 56.3 Å². The Balaban J connectivity index is 0.912. The summed E-state index contributed by atoms with van der Waals surface area (Å²) in [4.78, 5) is 28.9. The normalized spacial score (nSPS) is 11.6. The fraction of sp³-hybridized carbons (Fsp3) is 0. The molecule has 0 aliphatic carbocycles. The van der Waals surface area contributed by atoms with Gasteiger partial charge < -0.3 is 0 Å². The highest BCUT2D eigenvalue weighted by Gasteiger charge is 2.12. The van der Waals surface area contributed by atoms with E-state index < -0.39 is 0 Å². The molecule has 6 aromatic carbocycles. The minimum atomic E-state index is 0.747. The first-order valence-corrected chi connectivity index (χ1v) is 18.6. The summed E-state index contributed by atoms with van der Waals surface area (Å²) in [6, 6.07) is 57.3. The smallest absolute Gasteiger partial charge is 0.107 e. The predicted molar refractivity (Wildman–Crippen MR) is 228 cm³/mol. The quantitative estimate of drug-likeness (QED) is 0.165. The number of hydrogen-bond acceptors (Lipinski definition) is 6. The molecule has 0 aliphatic rings. The molecule has 0 aliphatic heterocycles. The molecule has 5 aromatic heterocycles. The molecule has 0 spiro atoms. The summed E-state index contributed by atoms with van der Waals surface area (Å²) in [6.45, 7) is 0. The van der Waals surface area contributed by atoms with Crippen LogP contribution < -0.4 is 0 Å². The summed E-state index contributed by atoms with van der Waals surface area (Å²) in [7, 11) is 0. The van der Waals surface area contributed by atoms with Gasteiger partial charge in [0.25, 0.3) is 0 Å². The van der Waals surface area contributed by atoms with Crippen molar-refractivity contribution in [3.05, 3.63) is 182 Å². The van der Waals surface area contributed by atoms with Crippen LogP contribution in [0.2, 0.25) is 0 Å². The van der Waals surface area contributed by atoms with Gasteiger partial charge in [-0.1, -0.05) is 115 Å². The van der Waals surface area contributed by atoms with Crippen molar-refractivity contribution in [2.75, 3.05) is 0 Å². The molecule has 0 amide bonds. The van der Waals surface area contributed by atoms with E-state index in [0.29, 0.717) is 0 Å². The van der Waals surface area contributed by atoms with Gasteiger partial charge in [-0.25, -0.2) is 19.9 Å². The second kappa shape index (κ2) is 13.0. The number of pyridine rings is 4. The van der Waals surface area contributed by atoms with Gasteiger partial charge in [-0.15, -0.1) is 0 Å². The minimum absolute atomic E-state index is 0.747. The lowest BCUT2D eigenvalue weighted by Crippen LogP contribution is -1.91. The highest BCUT2D eigenvalue weighted by atomic mass is 14.8. The lowest BCUT2D eigenvalue weighted by molar-refractivity contribution is 1.19. The van der Waals surface area contributed by atoms with E-state index in [1.165, 1.54) is 0 Å². The summed E-state index contributed by atoms with van der Waals surface area (Å²) in [5.41, 5.74) is 13.4. The molecule has 6 nitrogen and oxygen atoms in total. The van der Waals surface area contributed by atoms with Crippen LogP contribution in [-0.4, -0.2) is 29.9 Å². The van der Waals surface area contributed by atoms with Gasteiger partial charge in [0.05, 0.1) is 51.0 Å². The monoisotopic (exact) mass is 714 g/mol. The van der Waals surface area contributed by atoms with Crippen molar-refractivity contribution in [3.63, 3.8) is 0 Å². The maximum atomic E-state index is 5.19. The second-order valence-electron chi connectivity index (χ2n) is 14.0. The van der Waals surface area contributed by atoms with Gasteiger partial charge in [-0.05, 0) is 70.4 Å². The van der Waals surface area contributed by atoms with E-state index in [0.717, 1.165) is 111 Å². The van der Waals surface area contributed by atoms with Crippen LogP contribution in [0.3, 0.4) is 0 Å². The Morgan fingerprint density at radius 3 is 1.41 bits per heavy atom. The molecule has 11 aromatic rings. The fourth-order valence-electron chi connectivity index (χ4n) is 7.59. The van der Waals surface area contributed by atoms with Gasteiger partial charge in [0.1, 0.15) is 5.69 Å². The third kappa shape index (κ3) is 5.68. The summed E-state index contributed by atoms with van der Waals surface area (Å²) < 4.78 is 0. The lowest BCUT2D eigenvalue weighted by Gasteiger charge is -2.10. The topological polar surface area (TPSA) is 77.3 Å². The van der Waals surface area contributed by atoms with E-state index in [1.807, 2.05) is 24.3 Å². The van der Waals surface area contributed by atoms with E-state index >= 15 is 0 Å². The SMILES string of the molecule is c1ccc(-c2ccc3ccc4ccc(-c5ccc6cc(-c7ccc8ccc(-c9ccc%10ccc(-c%11cnccn%11)nc%10c9)nc8c7)ccc6c5)nc4c3n2)cc1. The first-order valence-electron chi connectivity index (χ1n) is 18.6. The number of aromatic nitrogens is 6. The van der Waals surface area contributed by atoms with Gasteiger partial charge in [0, 0.05) is 50.6 Å². The van der Waals surface area contributed by atoms with Crippen LogP contribution in [0.4, 0.5) is 0 Å². The molecule has 0 saturated carbocycles. The van der Waals surface area contributed by atoms with Gasteiger partial charge in [-0.2, -0.15) is 0 Å². The maximum Gasteiger partial charge on any atom is 0.107 e. The van der Waals surface area contributed by atoms with E-state index in [9.17, 15) is 0 Å². The fourth-order valence-corrected chi connectivity index (χ4v) is 7.59. The van der Waals surface area contributed by atoms with Crippen LogP contribution in [0.1, 0.15) is 0 Å². The Morgan fingerprint density at radius 1 is 0.286 bits per heavy atom. The molecule has 260 valence electrons. The van der Waals surface area contributed by atoms with Crippen molar-refractivity contribution in [2.24, 2.45) is 0 Å². The highest BCUT2D eigenvalue weighted by molar-refractivity contribution is 6.04. The number of nitrogens with zero attached hydrogens (tertiary/aromatic N) is 6. The molecule has 56 heavy (non-hydrogen) atoms. The molecule has 11 rings (SSSR count). The highest BCUT2D eigenvalue weighted by Crippen LogP contribution is 2.33. The Bertz CT molecular complexity index is 3310. The molecule has 6 heteroatoms. The summed E-state index contributed by atoms with van der Waals surface area (Å²) in [5, 5.41) is 6.62. The third-order valence-electron chi connectivity index (χ3n) is 10.6.